The van der Waals surface area contributed by atoms with Crippen LogP contribution in [0.15, 0.2) is 0 Å². The molecule has 4 rings (SSSR count). The number of carbonyl (C=O) groups is 2. The van der Waals surface area contributed by atoms with Gasteiger partial charge in [-0.25, -0.2) is 4.79 Å². The third-order valence-electron chi connectivity index (χ3n) is 10.6. The van der Waals surface area contributed by atoms with Crippen LogP contribution < -0.4 is 0 Å². The fourth-order valence-corrected chi connectivity index (χ4v) is 7.28. The first-order valence-electron chi connectivity index (χ1n) is 11.4. The average Bonchev–Trinajstić information content (AvgIpc) is 3.13. The highest BCUT2D eigenvalue weighted by molar-refractivity contribution is 5.81. The Hall–Kier alpha value is -1.10. The third-order valence-corrected chi connectivity index (χ3v) is 10.6. The van der Waals surface area contributed by atoms with Crippen LogP contribution in [0.5, 0.6) is 0 Å². The van der Waals surface area contributed by atoms with E-state index in [0.717, 1.165) is 25.7 Å². The van der Waals surface area contributed by atoms with Crippen LogP contribution in [0, 0.1) is 33.5 Å². The maximum atomic E-state index is 12.5. The highest BCUT2D eigenvalue weighted by Crippen LogP contribution is 2.67. The lowest BCUT2D eigenvalue weighted by molar-refractivity contribution is -0.173. The van der Waals surface area contributed by atoms with Crippen LogP contribution in [0.1, 0.15) is 86.5 Å². The highest BCUT2D eigenvalue weighted by Gasteiger charge is 2.64. The first-order valence-corrected chi connectivity index (χ1v) is 11.4. The van der Waals surface area contributed by atoms with Crippen molar-refractivity contribution in [1.82, 2.24) is 0 Å². The molecule has 4 saturated carbocycles. The minimum absolute atomic E-state index is 0.0257. The molecule has 7 atom stereocenters. The van der Waals surface area contributed by atoms with E-state index in [1.54, 1.807) is 0 Å². The highest BCUT2D eigenvalue weighted by atomic mass is 16.6. The van der Waals surface area contributed by atoms with Gasteiger partial charge in [0.05, 0.1) is 6.42 Å². The van der Waals surface area contributed by atoms with Crippen molar-refractivity contribution in [3.8, 4) is 0 Å². The van der Waals surface area contributed by atoms with Crippen LogP contribution in [0.3, 0.4) is 0 Å². The van der Waals surface area contributed by atoms with Crippen molar-refractivity contribution in [3.05, 3.63) is 0 Å². The van der Waals surface area contributed by atoms with E-state index in [4.69, 9.17) is 9.47 Å². The number of esters is 2. The van der Waals surface area contributed by atoms with Gasteiger partial charge >= 0.3 is 11.9 Å². The number of fused-ring (bicyclic) bond motifs is 4. The summed E-state index contributed by atoms with van der Waals surface area (Å²) < 4.78 is 11.5. The first-order chi connectivity index (χ1) is 13.3. The number of aliphatic hydroxyl groups excluding tert-OH is 1. The Labute approximate surface area is 174 Å². The van der Waals surface area contributed by atoms with E-state index < -0.39 is 18.0 Å². The summed E-state index contributed by atoms with van der Waals surface area (Å²) in [7, 11) is 0. The molecule has 0 radical (unpaired) electrons. The van der Waals surface area contributed by atoms with Gasteiger partial charge in [0.15, 0.2) is 6.10 Å². The third kappa shape index (κ3) is 2.82. The normalized spacial score (nSPS) is 44.7. The summed E-state index contributed by atoms with van der Waals surface area (Å²) in [5.74, 6) is -0.0594. The summed E-state index contributed by atoms with van der Waals surface area (Å²) in [4.78, 5) is 25.0. The predicted octanol–water partition coefficient (Wildman–Crippen LogP) is 4.25. The monoisotopic (exact) mass is 406 g/mol. The molecule has 4 aliphatic rings. The average molecular weight is 407 g/mol. The molecule has 0 amide bonds. The molecule has 0 aromatic carbocycles. The number of aliphatic hydroxyl groups is 1. The van der Waals surface area contributed by atoms with Gasteiger partial charge in [0.25, 0.3) is 0 Å². The Morgan fingerprint density at radius 1 is 0.862 bits per heavy atom. The zero-order chi connectivity index (χ0) is 21.4. The molecule has 0 aromatic heterocycles. The minimum Gasteiger partial charge on any atom is -0.462 e. The van der Waals surface area contributed by atoms with Crippen molar-refractivity contribution in [2.75, 3.05) is 0 Å². The van der Waals surface area contributed by atoms with E-state index in [1.165, 1.54) is 12.8 Å². The zero-order valence-corrected chi connectivity index (χ0v) is 18.9. The molecule has 0 heterocycles. The first kappa shape index (κ1) is 21.1. The van der Waals surface area contributed by atoms with Crippen LogP contribution in [0.4, 0.5) is 0 Å². The molecule has 1 unspecified atom stereocenters. The van der Waals surface area contributed by atoms with E-state index in [9.17, 15) is 14.7 Å². The van der Waals surface area contributed by atoms with Gasteiger partial charge in [-0.3, -0.25) is 4.79 Å². The fraction of sp³-hybridized carbons (Fsp3) is 0.917. The van der Waals surface area contributed by atoms with Gasteiger partial charge in [0.1, 0.15) is 12.2 Å². The molecule has 1 N–H and O–H groups in total. The Kier molecular flexibility index (Phi) is 4.70. The number of ether oxygens (including phenoxy) is 2. The molecule has 0 saturated heterocycles. The lowest BCUT2D eigenvalue weighted by Gasteiger charge is -2.39. The van der Waals surface area contributed by atoms with Crippen LogP contribution in [-0.2, 0) is 19.1 Å². The molecular formula is C24H38O5. The van der Waals surface area contributed by atoms with E-state index in [2.05, 4.69) is 41.5 Å². The second-order valence-electron chi connectivity index (χ2n) is 11.8. The molecule has 0 aliphatic heterocycles. The Morgan fingerprint density at radius 2 is 1.31 bits per heavy atom. The molecule has 5 heteroatoms. The van der Waals surface area contributed by atoms with Crippen molar-refractivity contribution in [2.45, 2.75) is 105 Å². The molecule has 0 aromatic rings. The predicted molar refractivity (Wildman–Crippen MR) is 109 cm³/mol. The van der Waals surface area contributed by atoms with Crippen LogP contribution in [0.25, 0.3) is 0 Å². The zero-order valence-electron chi connectivity index (χ0n) is 18.9. The number of hydrogen-bond acceptors (Lipinski definition) is 5. The van der Waals surface area contributed by atoms with E-state index in [-0.39, 0.29) is 40.3 Å². The van der Waals surface area contributed by atoms with E-state index in [1.807, 2.05) is 0 Å². The number of rotatable bonds is 5. The van der Waals surface area contributed by atoms with Gasteiger partial charge in [-0.2, -0.15) is 0 Å². The number of hydrogen-bond donors (Lipinski definition) is 1. The molecule has 0 spiro atoms. The maximum absolute atomic E-state index is 12.5. The number of carbonyl (C=O) groups excluding carboxylic acids is 2. The van der Waals surface area contributed by atoms with Gasteiger partial charge in [-0.05, 0) is 61.2 Å². The second kappa shape index (κ2) is 6.45. The van der Waals surface area contributed by atoms with Crippen molar-refractivity contribution in [2.24, 2.45) is 33.5 Å². The van der Waals surface area contributed by atoms with Crippen molar-refractivity contribution in [3.63, 3.8) is 0 Å². The standard InChI is InChI=1S/C24H38O5/c1-21(2)14-7-9-23(21,5)17(11-14)28-19(26)13-16(25)20(27)29-18-12-15-8-10-24(18,6)22(15,3)4/h14-18,25H,7-13H2,1-6H3/t14-,15-,16?,17+,18+,23-,24-/m1/s1. The quantitative estimate of drug-likeness (QED) is 0.691. The second-order valence-corrected chi connectivity index (χ2v) is 11.8. The summed E-state index contributed by atoms with van der Waals surface area (Å²) in [6, 6.07) is 0. The summed E-state index contributed by atoms with van der Waals surface area (Å²) in [5, 5.41) is 10.3. The van der Waals surface area contributed by atoms with Gasteiger partial charge in [-0.15, -0.1) is 0 Å². The topological polar surface area (TPSA) is 72.8 Å². The molecule has 4 fully saturated rings. The summed E-state index contributed by atoms with van der Waals surface area (Å²) in [6.07, 6.45) is 4.10. The van der Waals surface area contributed by atoms with Crippen LogP contribution >= 0.6 is 0 Å². The van der Waals surface area contributed by atoms with E-state index >= 15 is 0 Å². The smallest absolute Gasteiger partial charge is 0.335 e. The van der Waals surface area contributed by atoms with Crippen molar-refractivity contribution >= 4 is 11.9 Å². The maximum Gasteiger partial charge on any atom is 0.335 e. The Bertz CT molecular complexity index is 712. The summed E-state index contributed by atoms with van der Waals surface area (Å²) in [6.45, 7) is 13.4. The molecular weight excluding hydrogens is 368 g/mol. The molecule has 164 valence electrons. The largest absolute Gasteiger partial charge is 0.462 e. The van der Waals surface area contributed by atoms with Crippen LogP contribution in [-0.4, -0.2) is 35.4 Å². The van der Waals surface area contributed by atoms with E-state index in [0.29, 0.717) is 11.8 Å². The van der Waals surface area contributed by atoms with Crippen LogP contribution in [0.2, 0.25) is 0 Å². The lowest BCUT2D eigenvalue weighted by Crippen LogP contribution is -2.41. The van der Waals surface area contributed by atoms with Gasteiger partial charge in [0.2, 0.25) is 0 Å². The Balaban J connectivity index is 1.32. The summed E-state index contributed by atoms with van der Waals surface area (Å²) in [5.41, 5.74) is 0.199. The van der Waals surface area contributed by atoms with Crippen molar-refractivity contribution < 1.29 is 24.2 Å². The van der Waals surface area contributed by atoms with Gasteiger partial charge in [-0.1, -0.05) is 41.5 Å². The fourth-order valence-electron chi connectivity index (χ4n) is 7.28. The lowest BCUT2D eigenvalue weighted by atomic mass is 9.70. The SMILES string of the molecule is CC1(C)[C@@H]2CC[C@]1(C)[C@@H](OC(=O)CC(O)C(=O)O[C@H]1C[C@H]3CC[C@@]1(C)C3(C)C)C2. The van der Waals surface area contributed by atoms with Gasteiger partial charge in [0, 0.05) is 10.8 Å². The molecule has 29 heavy (non-hydrogen) atoms. The van der Waals surface area contributed by atoms with Gasteiger partial charge < -0.3 is 14.6 Å². The summed E-state index contributed by atoms with van der Waals surface area (Å²) >= 11 is 0. The molecule has 5 nitrogen and oxygen atoms in total. The van der Waals surface area contributed by atoms with Crippen molar-refractivity contribution in [1.29, 1.82) is 0 Å². The Morgan fingerprint density at radius 3 is 1.69 bits per heavy atom. The minimum atomic E-state index is -1.45. The molecule has 4 aliphatic carbocycles. The molecule has 4 bridgehead atoms.